The van der Waals surface area contributed by atoms with E-state index in [1.807, 2.05) is 30.3 Å². The van der Waals surface area contributed by atoms with Crippen molar-refractivity contribution in [3.05, 3.63) is 47.5 Å². The fourth-order valence-corrected chi connectivity index (χ4v) is 2.25. The fraction of sp³-hybridized carbons (Fsp3) is 0.333. The molecule has 88 valence electrons. The standard InChI is InChI=1S/C12H12FN3O/c13-9-6-10(8-4-2-1-3-5-8)16-12(9)14-11(7-17)15-16/h1-5,9-10,17H,6-7H2. The molecule has 1 aliphatic heterocycles. The summed E-state index contributed by atoms with van der Waals surface area (Å²) in [7, 11) is 0. The maximum absolute atomic E-state index is 13.8. The highest BCUT2D eigenvalue weighted by Crippen LogP contribution is 2.38. The van der Waals surface area contributed by atoms with Gasteiger partial charge in [0.1, 0.15) is 6.61 Å². The zero-order valence-electron chi connectivity index (χ0n) is 9.12. The second-order valence-electron chi connectivity index (χ2n) is 4.12. The van der Waals surface area contributed by atoms with Crippen LogP contribution in [0.25, 0.3) is 0 Å². The van der Waals surface area contributed by atoms with Crippen LogP contribution in [0, 0.1) is 0 Å². The lowest BCUT2D eigenvalue weighted by Crippen LogP contribution is -2.07. The van der Waals surface area contributed by atoms with Crippen molar-refractivity contribution in [1.29, 1.82) is 0 Å². The van der Waals surface area contributed by atoms with Gasteiger partial charge in [0.25, 0.3) is 0 Å². The fourth-order valence-electron chi connectivity index (χ4n) is 2.25. The number of fused-ring (bicyclic) bond motifs is 1. The molecule has 1 N–H and O–H groups in total. The van der Waals surface area contributed by atoms with Crippen LogP contribution in [0.3, 0.4) is 0 Å². The minimum Gasteiger partial charge on any atom is -0.388 e. The highest BCUT2D eigenvalue weighted by atomic mass is 19.1. The molecule has 5 heteroatoms. The Morgan fingerprint density at radius 1 is 1.35 bits per heavy atom. The van der Waals surface area contributed by atoms with Crippen molar-refractivity contribution in [2.24, 2.45) is 0 Å². The second-order valence-corrected chi connectivity index (χ2v) is 4.12. The van der Waals surface area contributed by atoms with Crippen molar-refractivity contribution < 1.29 is 9.50 Å². The lowest BCUT2D eigenvalue weighted by molar-refractivity contribution is 0.267. The summed E-state index contributed by atoms with van der Waals surface area (Å²) >= 11 is 0. The molecule has 0 bridgehead atoms. The van der Waals surface area contributed by atoms with Gasteiger partial charge < -0.3 is 5.11 Å². The van der Waals surface area contributed by atoms with E-state index in [0.717, 1.165) is 5.56 Å². The quantitative estimate of drug-likeness (QED) is 0.860. The SMILES string of the molecule is OCc1nc2n(n1)C(c1ccccc1)CC2F. The van der Waals surface area contributed by atoms with Crippen molar-refractivity contribution in [1.82, 2.24) is 14.8 Å². The minimum absolute atomic E-state index is 0.117. The summed E-state index contributed by atoms with van der Waals surface area (Å²) in [5.74, 6) is 0.603. The average molecular weight is 233 g/mol. The van der Waals surface area contributed by atoms with Crippen LogP contribution in [0.5, 0.6) is 0 Å². The summed E-state index contributed by atoms with van der Waals surface area (Å²) in [4.78, 5) is 3.99. The largest absolute Gasteiger partial charge is 0.388 e. The highest BCUT2D eigenvalue weighted by molar-refractivity contribution is 5.23. The number of aliphatic hydroxyl groups is 1. The molecular formula is C12H12FN3O. The van der Waals surface area contributed by atoms with E-state index in [-0.39, 0.29) is 18.5 Å². The van der Waals surface area contributed by atoms with Crippen molar-refractivity contribution in [3.63, 3.8) is 0 Å². The first kappa shape index (κ1) is 10.4. The van der Waals surface area contributed by atoms with Crippen LogP contribution >= 0.6 is 0 Å². The Morgan fingerprint density at radius 3 is 2.82 bits per heavy atom. The summed E-state index contributed by atoms with van der Waals surface area (Å²) in [6.07, 6.45) is -0.738. The predicted octanol–water partition coefficient (Wildman–Crippen LogP) is 1.77. The highest BCUT2D eigenvalue weighted by Gasteiger charge is 2.34. The first-order chi connectivity index (χ1) is 8.29. The topological polar surface area (TPSA) is 50.9 Å². The number of halogens is 1. The molecule has 0 aliphatic carbocycles. The maximum atomic E-state index is 13.8. The molecule has 0 amide bonds. The third-order valence-corrected chi connectivity index (χ3v) is 3.03. The van der Waals surface area contributed by atoms with Gasteiger partial charge in [-0.25, -0.2) is 14.1 Å². The third kappa shape index (κ3) is 1.63. The van der Waals surface area contributed by atoms with E-state index >= 15 is 0 Å². The van der Waals surface area contributed by atoms with Crippen LogP contribution in [0.1, 0.15) is 35.8 Å². The second kappa shape index (κ2) is 3.92. The van der Waals surface area contributed by atoms with Gasteiger partial charge in [-0.15, -0.1) is 0 Å². The van der Waals surface area contributed by atoms with Crippen molar-refractivity contribution >= 4 is 0 Å². The molecule has 0 spiro atoms. The molecule has 2 atom stereocenters. The van der Waals surface area contributed by atoms with E-state index in [0.29, 0.717) is 12.2 Å². The molecule has 0 saturated heterocycles. The summed E-state index contributed by atoms with van der Waals surface area (Å²) in [5.41, 5.74) is 1.02. The Bertz CT molecular complexity index is 526. The number of rotatable bonds is 2. The Hall–Kier alpha value is -1.75. The third-order valence-electron chi connectivity index (χ3n) is 3.03. The van der Waals surface area contributed by atoms with Gasteiger partial charge in [-0.05, 0) is 5.56 Å². The normalized spacial score (nSPS) is 22.7. The zero-order chi connectivity index (χ0) is 11.8. The number of alkyl halides is 1. The van der Waals surface area contributed by atoms with Crippen LogP contribution in [0.15, 0.2) is 30.3 Å². The summed E-state index contributed by atoms with van der Waals surface area (Å²) in [6.45, 7) is -0.256. The van der Waals surface area contributed by atoms with Crippen molar-refractivity contribution in [2.45, 2.75) is 25.2 Å². The number of hydrogen-bond acceptors (Lipinski definition) is 3. The van der Waals surface area contributed by atoms with Gasteiger partial charge in [-0.2, -0.15) is 5.10 Å². The molecule has 3 rings (SSSR count). The first-order valence-corrected chi connectivity index (χ1v) is 5.55. The smallest absolute Gasteiger partial charge is 0.176 e. The predicted molar refractivity (Wildman–Crippen MR) is 59.0 cm³/mol. The Morgan fingerprint density at radius 2 is 2.12 bits per heavy atom. The Kier molecular flexibility index (Phi) is 2.40. The van der Waals surface area contributed by atoms with E-state index in [4.69, 9.17) is 5.11 Å². The molecule has 1 aromatic carbocycles. The number of aromatic nitrogens is 3. The molecule has 17 heavy (non-hydrogen) atoms. The average Bonchev–Trinajstić information content (AvgIpc) is 2.91. The van der Waals surface area contributed by atoms with Gasteiger partial charge in [-0.1, -0.05) is 30.3 Å². The van der Waals surface area contributed by atoms with Crippen LogP contribution in [0.4, 0.5) is 4.39 Å². The van der Waals surface area contributed by atoms with Crippen molar-refractivity contribution in [2.75, 3.05) is 0 Å². The van der Waals surface area contributed by atoms with Gasteiger partial charge in [0, 0.05) is 6.42 Å². The van der Waals surface area contributed by atoms with Gasteiger partial charge >= 0.3 is 0 Å². The van der Waals surface area contributed by atoms with Crippen LogP contribution in [-0.2, 0) is 6.61 Å². The Balaban J connectivity index is 2.03. The minimum atomic E-state index is -1.10. The van der Waals surface area contributed by atoms with Gasteiger partial charge in [0.2, 0.25) is 0 Å². The first-order valence-electron chi connectivity index (χ1n) is 5.55. The molecule has 4 nitrogen and oxygen atoms in total. The van der Waals surface area contributed by atoms with E-state index < -0.39 is 6.17 Å². The van der Waals surface area contributed by atoms with E-state index in [1.165, 1.54) is 0 Å². The summed E-state index contributed by atoms with van der Waals surface area (Å²) in [5, 5.41) is 13.1. The van der Waals surface area contributed by atoms with Crippen LogP contribution in [-0.4, -0.2) is 19.9 Å². The molecule has 2 aromatic rings. The zero-order valence-corrected chi connectivity index (χ0v) is 9.12. The number of benzene rings is 1. The summed E-state index contributed by atoms with van der Waals surface area (Å²) < 4.78 is 15.4. The number of aliphatic hydroxyl groups excluding tert-OH is 1. The number of nitrogens with zero attached hydrogens (tertiary/aromatic N) is 3. The molecular weight excluding hydrogens is 221 g/mol. The Labute approximate surface area is 97.7 Å². The van der Waals surface area contributed by atoms with Gasteiger partial charge in [-0.3, -0.25) is 0 Å². The van der Waals surface area contributed by atoms with E-state index in [9.17, 15) is 4.39 Å². The number of hydrogen-bond donors (Lipinski definition) is 1. The van der Waals surface area contributed by atoms with E-state index in [1.54, 1.807) is 4.68 Å². The molecule has 2 unspecified atom stereocenters. The van der Waals surface area contributed by atoms with Gasteiger partial charge in [0.15, 0.2) is 17.8 Å². The van der Waals surface area contributed by atoms with Crippen molar-refractivity contribution in [3.8, 4) is 0 Å². The monoisotopic (exact) mass is 233 g/mol. The molecule has 1 aromatic heterocycles. The lowest BCUT2D eigenvalue weighted by atomic mass is 10.0. The summed E-state index contributed by atoms with van der Waals surface area (Å²) in [6, 6.07) is 9.55. The molecule has 0 fully saturated rings. The van der Waals surface area contributed by atoms with E-state index in [2.05, 4.69) is 10.1 Å². The van der Waals surface area contributed by atoms with Crippen LogP contribution in [0.2, 0.25) is 0 Å². The molecule has 1 aliphatic rings. The van der Waals surface area contributed by atoms with Crippen LogP contribution < -0.4 is 0 Å². The molecule has 2 heterocycles. The lowest BCUT2D eigenvalue weighted by Gasteiger charge is -2.11. The van der Waals surface area contributed by atoms with Gasteiger partial charge in [0.05, 0.1) is 6.04 Å². The molecule has 0 radical (unpaired) electrons. The molecule has 0 saturated carbocycles. The maximum Gasteiger partial charge on any atom is 0.176 e.